The van der Waals surface area contributed by atoms with Crippen LogP contribution in [-0.2, 0) is 13.2 Å². The topological polar surface area (TPSA) is 75.6 Å². The average Bonchev–Trinajstić information content (AvgIpc) is 2.72. The number of hydrogen-bond acceptors (Lipinski definition) is 3. The van der Waals surface area contributed by atoms with Gasteiger partial charge in [-0.15, -0.1) is 0 Å². The van der Waals surface area contributed by atoms with Crippen LogP contribution in [0.15, 0.2) is 60.7 Å². The van der Waals surface area contributed by atoms with Gasteiger partial charge in [0, 0.05) is 11.6 Å². The molecule has 3 aromatic rings. The van der Waals surface area contributed by atoms with Gasteiger partial charge < -0.3 is 15.2 Å². The van der Waals surface area contributed by atoms with Crippen LogP contribution in [-0.4, -0.2) is 17.0 Å². The van der Waals surface area contributed by atoms with Crippen molar-refractivity contribution in [2.75, 3.05) is 0 Å². The van der Waals surface area contributed by atoms with Crippen LogP contribution in [0.3, 0.4) is 0 Å². The van der Waals surface area contributed by atoms with E-state index >= 15 is 0 Å². The second kappa shape index (κ2) is 9.61. The Labute approximate surface area is 182 Å². The lowest BCUT2D eigenvalue weighted by atomic mass is 10.1. The number of carboxylic acid groups (broad SMARTS) is 1. The third-order valence-corrected chi connectivity index (χ3v) is 4.76. The minimum atomic E-state index is -1.38. The molecule has 0 saturated heterocycles. The van der Waals surface area contributed by atoms with Crippen molar-refractivity contribution in [3.8, 4) is 5.75 Å². The lowest BCUT2D eigenvalue weighted by Gasteiger charge is -2.11. The summed E-state index contributed by atoms with van der Waals surface area (Å²) in [5.74, 6) is -2.26. The van der Waals surface area contributed by atoms with Crippen molar-refractivity contribution in [1.82, 2.24) is 5.32 Å². The van der Waals surface area contributed by atoms with Gasteiger partial charge in [-0.25, -0.2) is 9.18 Å². The molecule has 30 heavy (non-hydrogen) atoms. The molecule has 0 aliphatic rings. The quantitative estimate of drug-likeness (QED) is 0.512. The highest BCUT2D eigenvalue weighted by Crippen LogP contribution is 2.23. The first-order valence-corrected chi connectivity index (χ1v) is 9.56. The molecule has 0 aliphatic carbocycles. The number of aromatic carboxylic acids is 1. The first-order chi connectivity index (χ1) is 14.3. The molecular weight excluding hydrogens is 432 g/mol. The number of nitrogens with one attached hydrogen (secondary N) is 1. The molecule has 0 radical (unpaired) electrons. The molecule has 0 aliphatic heterocycles. The number of amides is 1. The smallest absolute Gasteiger partial charge is 0.338 e. The molecule has 0 unspecified atom stereocenters. The van der Waals surface area contributed by atoms with Crippen molar-refractivity contribution in [3.63, 3.8) is 0 Å². The summed E-state index contributed by atoms with van der Waals surface area (Å²) in [6.07, 6.45) is 0. The summed E-state index contributed by atoms with van der Waals surface area (Å²) in [5.41, 5.74) is 1.04. The molecule has 3 aromatic carbocycles. The zero-order valence-electron chi connectivity index (χ0n) is 15.5. The standard InChI is InChI=1S/C22H16Cl2FNO4/c23-15-3-1-2-14(8-15)12-30-16-5-6-19(24)17(10-16)21(27)26-11-13-4-7-20(25)18(9-13)22(28)29/h1-10H,11-12H2,(H,26,27)(H,28,29). The largest absolute Gasteiger partial charge is 0.489 e. The maximum Gasteiger partial charge on any atom is 0.338 e. The van der Waals surface area contributed by atoms with Gasteiger partial charge in [-0.2, -0.15) is 0 Å². The van der Waals surface area contributed by atoms with Gasteiger partial charge in [0.15, 0.2) is 0 Å². The van der Waals surface area contributed by atoms with Crippen LogP contribution in [0.2, 0.25) is 10.0 Å². The highest BCUT2D eigenvalue weighted by Gasteiger charge is 2.14. The summed E-state index contributed by atoms with van der Waals surface area (Å²) >= 11 is 12.1. The van der Waals surface area contributed by atoms with Gasteiger partial charge in [0.2, 0.25) is 0 Å². The average molecular weight is 448 g/mol. The highest BCUT2D eigenvalue weighted by atomic mass is 35.5. The van der Waals surface area contributed by atoms with Gasteiger partial charge in [0.05, 0.1) is 16.1 Å². The second-order valence-corrected chi connectivity index (χ2v) is 7.21. The van der Waals surface area contributed by atoms with Crippen molar-refractivity contribution in [2.24, 2.45) is 0 Å². The normalized spacial score (nSPS) is 10.5. The number of halogens is 3. The molecule has 0 heterocycles. The van der Waals surface area contributed by atoms with Gasteiger partial charge in [-0.3, -0.25) is 4.79 Å². The fraction of sp³-hybridized carbons (Fsp3) is 0.0909. The zero-order valence-corrected chi connectivity index (χ0v) is 17.0. The molecule has 0 fully saturated rings. The van der Waals surface area contributed by atoms with Crippen molar-refractivity contribution in [2.45, 2.75) is 13.2 Å². The summed E-state index contributed by atoms with van der Waals surface area (Å²) in [5, 5.41) is 12.5. The summed E-state index contributed by atoms with van der Waals surface area (Å²) < 4.78 is 19.2. The Morgan fingerprint density at radius 2 is 1.77 bits per heavy atom. The lowest BCUT2D eigenvalue weighted by molar-refractivity contribution is 0.0691. The summed E-state index contributed by atoms with van der Waals surface area (Å²) in [6.45, 7) is 0.264. The van der Waals surface area contributed by atoms with Gasteiger partial charge >= 0.3 is 5.97 Å². The van der Waals surface area contributed by atoms with E-state index in [0.29, 0.717) is 16.3 Å². The van der Waals surface area contributed by atoms with E-state index in [0.717, 1.165) is 11.6 Å². The molecular formula is C22H16Cl2FNO4. The third kappa shape index (κ3) is 5.49. The number of hydrogen-bond donors (Lipinski definition) is 2. The Morgan fingerprint density at radius 1 is 0.967 bits per heavy atom. The van der Waals surface area contributed by atoms with Gasteiger partial charge in [0.1, 0.15) is 18.2 Å². The van der Waals surface area contributed by atoms with E-state index in [4.69, 9.17) is 33.0 Å². The molecule has 0 aromatic heterocycles. The van der Waals surface area contributed by atoms with Crippen LogP contribution >= 0.6 is 23.2 Å². The molecule has 0 spiro atoms. The van der Waals surface area contributed by atoms with Gasteiger partial charge in [-0.05, 0) is 53.6 Å². The maximum atomic E-state index is 13.5. The van der Waals surface area contributed by atoms with E-state index < -0.39 is 23.3 Å². The Kier molecular flexibility index (Phi) is 6.92. The van der Waals surface area contributed by atoms with Crippen molar-refractivity contribution < 1.29 is 23.8 Å². The molecule has 2 N–H and O–H groups in total. The Balaban J connectivity index is 1.67. The van der Waals surface area contributed by atoms with Crippen LogP contribution in [0, 0.1) is 5.82 Å². The predicted octanol–water partition coefficient (Wildman–Crippen LogP) is 5.34. The van der Waals surface area contributed by atoms with Crippen LogP contribution in [0.5, 0.6) is 5.75 Å². The number of benzene rings is 3. The number of rotatable bonds is 7. The second-order valence-electron chi connectivity index (χ2n) is 6.36. The van der Waals surface area contributed by atoms with Crippen molar-refractivity contribution in [3.05, 3.63) is 98.8 Å². The molecule has 0 saturated carbocycles. The first-order valence-electron chi connectivity index (χ1n) is 8.80. The van der Waals surface area contributed by atoms with Gasteiger partial charge in [0.25, 0.3) is 5.91 Å². The molecule has 0 atom stereocenters. The minimum Gasteiger partial charge on any atom is -0.489 e. The first kappa shape index (κ1) is 21.6. The Bertz CT molecular complexity index is 1100. The maximum absolute atomic E-state index is 13.5. The Morgan fingerprint density at radius 3 is 2.50 bits per heavy atom. The molecule has 5 nitrogen and oxygen atoms in total. The lowest BCUT2D eigenvalue weighted by Crippen LogP contribution is -2.23. The SMILES string of the molecule is O=C(O)c1cc(CNC(=O)c2cc(OCc3cccc(Cl)c3)ccc2Cl)ccc1F. The summed E-state index contributed by atoms with van der Waals surface area (Å²) in [6, 6.07) is 15.5. The Hall–Kier alpha value is -3.09. The highest BCUT2D eigenvalue weighted by molar-refractivity contribution is 6.33. The minimum absolute atomic E-state index is 0.00330. The van der Waals surface area contributed by atoms with E-state index in [1.54, 1.807) is 24.3 Å². The van der Waals surface area contributed by atoms with Crippen LogP contribution in [0.4, 0.5) is 4.39 Å². The van der Waals surface area contributed by atoms with E-state index in [1.165, 1.54) is 18.2 Å². The molecule has 154 valence electrons. The monoisotopic (exact) mass is 447 g/mol. The summed E-state index contributed by atoms with van der Waals surface area (Å²) in [7, 11) is 0. The number of carbonyl (C=O) groups excluding carboxylic acids is 1. The number of carboxylic acids is 1. The molecule has 8 heteroatoms. The third-order valence-electron chi connectivity index (χ3n) is 4.19. The van der Waals surface area contributed by atoms with Crippen LogP contribution in [0.1, 0.15) is 31.8 Å². The van der Waals surface area contributed by atoms with Crippen LogP contribution < -0.4 is 10.1 Å². The van der Waals surface area contributed by atoms with E-state index in [9.17, 15) is 14.0 Å². The van der Waals surface area contributed by atoms with E-state index in [2.05, 4.69) is 5.32 Å². The van der Waals surface area contributed by atoms with Crippen molar-refractivity contribution >= 4 is 35.1 Å². The fourth-order valence-corrected chi connectivity index (χ4v) is 3.10. The number of carbonyl (C=O) groups is 2. The fourth-order valence-electron chi connectivity index (χ4n) is 2.69. The molecule has 3 rings (SSSR count). The van der Waals surface area contributed by atoms with Crippen molar-refractivity contribution in [1.29, 1.82) is 0 Å². The zero-order chi connectivity index (χ0) is 21.7. The van der Waals surface area contributed by atoms with E-state index in [1.807, 2.05) is 12.1 Å². The number of ether oxygens (including phenoxy) is 1. The van der Waals surface area contributed by atoms with Crippen LogP contribution in [0.25, 0.3) is 0 Å². The van der Waals surface area contributed by atoms with Gasteiger partial charge in [-0.1, -0.05) is 41.4 Å². The summed E-state index contributed by atoms with van der Waals surface area (Å²) in [4.78, 5) is 23.6. The van der Waals surface area contributed by atoms with E-state index in [-0.39, 0.29) is 23.7 Å². The molecule has 0 bridgehead atoms. The predicted molar refractivity (Wildman–Crippen MR) is 112 cm³/mol. The molecule has 1 amide bonds.